The molecule has 0 saturated carbocycles. The van der Waals surface area contributed by atoms with Gasteiger partial charge in [0.2, 0.25) is 0 Å². The number of aromatic nitrogens is 1. The molecule has 4 rings (SSSR count). The Balaban J connectivity index is 1.56. The van der Waals surface area contributed by atoms with E-state index in [0.717, 1.165) is 20.3 Å². The van der Waals surface area contributed by atoms with Crippen LogP contribution in [0.5, 0.6) is 11.5 Å². The van der Waals surface area contributed by atoms with Crippen molar-refractivity contribution in [2.75, 3.05) is 23.7 Å². The number of thiazole rings is 1. The molecule has 0 radical (unpaired) electrons. The second-order valence-electron chi connectivity index (χ2n) is 6.78. The zero-order valence-electron chi connectivity index (χ0n) is 15.5. The van der Waals surface area contributed by atoms with E-state index in [-0.39, 0.29) is 4.90 Å². The summed E-state index contributed by atoms with van der Waals surface area (Å²) in [5.41, 5.74) is 1.38. The summed E-state index contributed by atoms with van der Waals surface area (Å²) >= 11 is 3.30. The predicted molar refractivity (Wildman–Crippen MR) is 113 cm³/mol. The van der Waals surface area contributed by atoms with Crippen molar-refractivity contribution in [3.05, 3.63) is 36.4 Å². The van der Waals surface area contributed by atoms with E-state index in [4.69, 9.17) is 9.47 Å². The fourth-order valence-corrected chi connectivity index (χ4v) is 5.82. The highest BCUT2D eigenvalue weighted by Crippen LogP contribution is 2.34. The lowest BCUT2D eigenvalue weighted by molar-refractivity contribution is 0.171. The van der Waals surface area contributed by atoms with Crippen LogP contribution in [-0.2, 0) is 10.0 Å². The van der Waals surface area contributed by atoms with E-state index < -0.39 is 10.0 Å². The minimum absolute atomic E-state index is 0.134. The molecule has 1 N–H and O–H groups in total. The molecule has 0 unspecified atom stereocenters. The first-order valence-corrected chi connectivity index (χ1v) is 12.1. The number of anilines is 1. The van der Waals surface area contributed by atoms with Crippen molar-refractivity contribution in [3.8, 4) is 11.5 Å². The van der Waals surface area contributed by atoms with Gasteiger partial charge in [0, 0.05) is 11.8 Å². The van der Waals surface area contributed by atoms with Gasteiger partial charge in [-0.1, -0.05) is 25.6 Å². The van der Waals surface area contributed by atoms with E-state index in [1.165, 1.54) is 12.1 Å². The standard InChI is InChI=1S/C19H20N2O4S3/c1-12(2)11-26-19-20-15-5-3-13(9-18(15)27-19)21-28(22,23)14-4-6-16-17(10-14)25-8-7-24-16/h3-6,9-10,12,21H,7-8,11H2,1-2H3. The van der Waals surface area contributed by atoms with Crippen LogP contribution in [0.25, 0.3) is 10.2 Å². The monoisotopic (exact) mass is 436 g/mol. The van der Waals surface area contributed by atoms with Crippen LogP contribution < -0.4 is 14.2 Å². The highest BCUT2D eigenvalue weighted by Gasteiger charge is 2.20. The lowest BCUT2D eigenvalue weighted by Crippen LogP contribution is -2.17. The van der Waals surface area contributed by atoms with Gasteiger partial charge < -0.3 is 9.47 Å². The Morgan fingerprint density at radius 3 is 2.71 bits per heavy atom. The predicted octanol–water partition coefficient (Wildman–Crippen LogP) is 4.62. The molecule has 28 heavy (non-hydrogen) atoms. The average molecular weight is 437 g/mol. The Morgan fingerprint density at radius 1 is 1.14 bits per heavy atom. The number of benzene rings is 2. The summed E-state index contributed by atoms with van der Waals surface area (Å²) in [6.45, 7) is 5.21. The maximum atomic E-state index is 12.8. The molecule has 0 amide bonds. The van der Waals surface area contributed by atoms with Crippen molar-refractivity contribution < 1.29 is 17.9 Å². The third kappa shape index (κ3) is 4.21. The number of nitrogens with one attached hydrogen (secondary N) is 1. The molecule has 0 spiro atoms. The van der Waals surface area contributed by atoms with E-state index in [1.54, 1.807) is 35.2 Å². The Labute approximate surface area is 172 Å². The van der Waals surface area contributed by atoms with Crippen LogP contribution >= 0.6 is 23.1 Å². The van der Waals surface area contributed by atoms with Crippen molar-refractivity contribution in [1.29, 1.82) is 0 Å². The normalized spacial score (nSPS) is 13.8. The summed E-state index contributed by atoms with van der Waals surface area (Å²) in [4.78, 5) is 4.74. The lowest BCUT2D eigenvalue weighted by atomic mass is 10.3. The van der Waals surface area contributed by atoms with Crippen LogP contribution in [0, 0.1) is 5.92 Å². The molecule has 2 heterocycles. The van der Waals surface area contributed by atoms with Crippen molar-refractivity contribution in [2.45, 2.75) is 23.1 Å². The minimum atomic E-state index is -3.74. The molecule has 148 valence electrons. The molecule has 6 nitrogen and oxygen atoms in total. The van der Waals surface area contributed by atoms with Gasteiger partial charge in [-0.05, 0) is 36.2 Å². The Kier molecular flexibility index (Phi) is 5.39. The zero-order valence-corrected chi connectivity index (χ0v) is 17.9. The molecule has 0 aliphatic carbocycles. The quantitative estimate of drug-likeness (QED) is 0.568. The van der Waals surface area contributed by atoms with E-state index in [9.17, 15) is 8.42 Å². The number of hydrogen-bond donors (Lipinski definition) is 1. The number of rotatable bonds is 6. The first-order valence-electron chi connectivity index (χ1n) is 8.86. The maximum absolute atomic E-state index is 12.8. The molecular formula is C19H20N2O4S3. The van der Waals surface area contributed by atoms with Crippen LogP contribution in [-0.4, -0.2) is 32.4 Å². The summed E-state index contributed by atoms with van der Waals surface area (Å²) in [5, 5.41) is 0. The molecule has 1 aromatic heterocycles. The van der Waals surface area contributed by atoms with Gasteiger partial charge in [0.1, 0.15) is 13.2 Å². The molecule has 3 aromatic rings. The molecule has 0 atom stereocenters. The fraction of sp³-hybridized carbons (Fsp3) is 0.316. The fourth-order valence-electron chi connectivity index (χ4n) is 2.67. The number of ether oxygens (including phenoxy) is 2. The smallest absolute Gasteiger partial charge is 0.262 e. The summed E-state index contributed by atoms with van der Waals surface area (Å²) in [6.07, 6.45) is 0. The minimum Gasteiger partial charge on any atom is -0.486 e. The Bertz CT molecular complexity index is 1110. The molecule has 1 aliphatic rings. The summed E-state index contributed by atoms with van der Waals surface area (Å²) in [7, 11) is -3.74. The van der Waals surface area contributed by atoms with Gasteiger partial charge in [-0.2, -0.15) is 0 Å². The van der Waals surface area contributed by atoms with E-state index in [0.29, 0.717) is 36.3 Å². The third-order valence-electron chi connectivity index (χ3n) is 3.99. The van der Waals surface area contributed by atoms with Crippen molar-refractivity contribution in [2.24, 2.45) is 5.92 Å². The van der Waals surface area contributed by atoms with Gasteiger partial charge in [-0.25, -0.2) is 13.4 Å². The van der Waals surface area contributed by atoms with Gasteiger partial charge in [0.25, 0.3) is 10.0 Å². The molecule has 0 bridgehead atoms. The second-order valence-corrected chi connectivity index (χ2v) is 10.8. The van der Waals surface area contributed by atoms with Crippen molar-refractivity contribution in [1.82, 2.24) is 4.98 Å². The van der Waals surface area contributed by atoms with Crippen LogP contribution in [0.1, 0.15) is 13.8 Å². The molecule has 1 aliphatic heterocycles. The number of fused-ring (bicyclic) bond motifs is 2. The molecule has 9 heteroatoms. The van der Waals surface area contributed by atoms with E-state index in [1.807, 2.05) is 12.1 Å². The number of hydrogen-bond acceptors (Lipinski definition) is 7. The largest absolute Gasteiger partial charge is 0.486 e. The summed E-state index contributed by atoms with van der Waals surface area (Å²) in [6, 6.07) is 10.0. The summed E-state index contributed by atoms with van der Waals surface area (Å²) in [5.74, 6) is 2.59. The SMILES string of the molecule is CC(C)CSc1nc2ccc(NS(=O)(=O)c3ccc4c(c3)OCCO4)cc2s1. The second kappa shape index (κ2) is 7.81. The third-order valence-corrected chi connectivity index (χ3v) is 7.95. The molecule has 0 fully saturated rings. The van der Waals surface area contributed by atoms with Crippen LogP contribution in [0.4, 0.5) is 5.69 Å². The lowest BCUT2D eigenvalue weighted by Gasteiger charge is -2.19. The van der Waals surface area contributed by atoms with Gasteiger partial charge >= 0.3 is 0 Å². The number of nitrogens with zero attached hydrogens (tertiary/aromatic N) is 1. The van der Waals surface area contributed by atoms with Gasteiger partial charge in [0.15, 0.2) is 15.8 Å². The molecule has 0 saturated heterocycles. The summed E-state index contributed by atoms with van der Waals surface area (Å²) < 4.78 is 41.1. The number of sulfonamides is 1. The highest BCUT2D eigenvalue weighted by molar-refractivity contribution is 8.01. The van der Waals surface area contributed by atoms with Gasteiger partial charge in [-0.15, -0.1) is 11.3 Å². The van der Waals surface area contributed by atoms with Crippen molar-refractivity contribution >= 4 is 49.0 Å². The van der Waals surface area contributed by atoms with Gasteiger partial charge in [0.05, 0.1) is 20.8 Å². The van der Waals surface area contributed by atoms with E-state index in [2.05, 4.69) is 23.6 Å². The first kappa shape index (κ1) is 19.4. The Morgan fingerprint density at radius 2 is 1.93 bits per heavy atom. The molecular weight excluding hydrogens is 416 g/mol. The number of thioether (sulfide) groups is 1. The topological polar surface area (TPSA) is 77.5 Å². The molecule has 2 aromatic carbocycles. The van der Waals surface area contributed by atoms with E-state index >= 15 is 0 Å². The van der Waals surface area contributed by atoms with Crippen molar-refractivity contribution in [3.63, 3.8) is 0 Å². The van der Waals surface area contributed by atoms with Gasteiger partial charge in [-0.3, -0.25) is 4.72 Å². The average Bonchev–Trinajstić information content (AvgIpc) is 3.08. The highest BCUT2D eigenvalue weighted by atomic mass is 32.2. The maximum Gasteiger partial charge on any atom is 0.262 e. The van der Waals surface area contributed by atoms with Crippen LogP contribution in [0.15, 0.2) is 45.6 Å². The zero-order chi connectivity index (χ0) is 19.7. The Hall–Kier alpha value is -1.97. The van der Waals surface area contributed by atoms with Crippen LogP contribution in [0.3, 0.4) is 0 Å². The first-order chi connectivity index (χ1) is 13.4. The van der Waals surface area contributed by atoms with Crippen LogP contribution in [0.2, 0.25) is 0 Å².